The highest BCUT2D eigenvalue weighted by Gasteiger charge is 2.35. The molecule has 0 aromatic heterocycles. The van der Waals surface area contributed by atoms with Crippen LogP contribution in [0.3, 0.4) is 0 Å². The summed E-state index contributed by atoms with van der Waals surface area (Å²) >= 11 is 0. The average molecular weight is 301 g/mol. The van der Waals surface area contributed by atoms with Gasteiger partial charge < -0.3 is 10.0 Å². The number of hydrogen-bond donors (Lipinski definition) is 1. The van der Waals surface area contributed by atoms with Crippen molar-refractivity contribution in [1.82, 2.24) is 4.90 Å². The van der Waals surface area contributed by atoms with Gasteiger partial charge in [-0.2, -0.15) is 0 Å². The molecule has 0 spiro atoms. The van der Waals surface area contributed by atoms with Crippen LogP contribution in [0.5, 0.6) is 0 Å². The molecule has 3 heteroatoms. The molecule has 22 heavy (non-hydrogen) atoms. The minimum Gasteiger partial charge on any atom is -0.392 e. The van der Waals surface area contributed by atoms with Crippen LogP contribution in [0.4, 0.5) is 0 Å². The molecule has 120 valence electrons. The first-order valence-corrected chi connectivity index (χ1v) is 8.45. The van der Waals surface area contributed by atoms with Gasteiger partial charge in [-0.15, -0.1) is 0 Å². The second-order valence-electron chi connectivity index (χ2n) is 7.85. The van der Waals surface area contributed by atoms with E-state index in [2.05, 4.69) is 39.0 Å². The third-order valence-corrected chi connectivity index (χ3v) is 5.19. The van der Waals surface area contributed by atoms with Gasteiger partial charge in [-0.3, -0.25) is 4.79 Å². The number of aliphatic hydroxyl groups excluding tert-OH is 1. The van der Waals surface area contributed by atoms with E-state index >= 15 is 0 Å². The van der Waals surface area contributed by atoms with Gasteiger partial charge in [-0.1, -0.05) is 39.0 Å². The molecular formula is C19H27NO2. The molecule has 2 aliphatic rings. The summed E-state index contributed by atoms with van der Waals surface area (Å²) in [5.41, 5.74) is 4.09. The van der Waals surface area contributed by atoms with E-state index < -0.39 is 6.10 Å². The van der Waals surface area contributed by atoms with Gasteiger partial charge in [0.1, 0.15) is 0 Å². The number of nitrogens with zero attached hydrogens (tertiary/aromatic N) is 1. The van der Waals surface area contributed by atoms with Gasteiger partial charge in [0.25, 0.3) is 0 Å². The second kappa shape index (κ2) is 5.69. The number of carbonyl (C=O) groups is 1. The van der Waals surface area contributed by atoms with Crippen LogP contribution in [0.25, 0.3) is 0 Å². The maximum absolute atomic E-state index is 12.7. The van der Waals surface area contributed by atoms with E-state index in [-0.39, 0.29) is 17.2 Å². The Labute approximate surface area is 133 Å². The Balaban J connectivity index is 1.79. The summed E-state index contributed by atoms with van der Waals surface area (Å²) in [4.78, 5) is 14.6. The molecule has 1 amide bonds. The van der Waals surface area contributed by atoms with Crippen LogP contribution in [0.2, 0.25) is 0 Å². The first kappa shape index (κ1) is 15.5. The number of aliphatic hydroxyl groups is 1. The van der Waals surface area contributed by atoms with Crippen LogP contribution >= 0.6 is 0 Å². The summed E-state index contributed by atoms with van der Waals surface area (Å²) in [6.45, 7) is 8.13. The Morgan fingerprint density at radius 3 is 2.64 bits per heavy atom. The van der Waals surface area contributed by atoms with Crippen molar-refractivity contribution in [2.24, 2.45) is 5.92 Å². The van der Waals surface area contributed by atoms with Crippen LogP contribution in [0.15, 0.2) is 18.2 Å². The summed E-state index contributed by atoms with van der Waals surface area (Å²) in [5, 5.41) is 9.99. The number of carbonyl (C=O) groups excluding carboxylic acids is 1. The topological polar surface area (TPSA) is 40.5 Å². The molecule has 1 aromatic rings. The van der Waals surface area contributed by atoms with Crippen molar-refractivity contribution >= 4 is 5.91 Å². The Bertz CT molecular complexity index is 573. The van der Waals surface area contributed by atoms with Crippen molar-refractivity contribution in [1.29, 1.82) is 0 Å². The Hall–Kier alpha value is -1.35. The highest BCUT2D eigenvalue weighted by molar-refractivity contribution is 5.80. The maximum atomic E-state index is 12.7. The molecule has 1 N–H and O–H groups in total. The van der Waals surface area contributed by atoms with E-state index in [0.717, 1.165) is 32.2 Å². The SMILES string of the molecule is CC(C)(C)c1ccc2c(c1)CN(C(=O)C1CCCC1O)CC2. The Kier molecular flexibility index (Phi) is 4.02. The van der Waals surface area contributed by atoms with Crippen molar-refractivity contribution in [2.75, 3.05) is 6.54 Å². The fourth-order valence-electron chi connectivity index (χ4n) is 3.67. The monoisotopic (exact) mass is 301 g/mol. The van der Waals surface area contributed by atoms with Crippen LogP contribution in [0, 0.1) is 5.92 Å². The zero-order chi connectivity index (χ0) is 15.9. The molecule has 3 rings (SSSR count). The number of rotatable bonds is 1. The van der Waals surface area contributed by atoms with E-state index in [0.29, 0.717) is 6.54 Å². The lowest BCUT2D eigenvalue weighted by atomic mass is 9.84. The van der Waals surface area contributed by atoms with Gasteiger partial charge in [0, 0.05) is 13.1 Å². The molecule has 1 aromatic carbocycles. The van der Waals surface area contributed by atoms with Gasteiger partial charge in [0.15, 0.2) is 0 Å². The van der Waals surface area contributed by atoms with E-state index in [1.165, 1.54) is 16.7 Å². The molecule has 1 heterocycles. The molecule has 0 bridgehead atoms. The summed E-state index contributed by atoms with van der Waals surface area (Å²) < 4.78 is 0. The van der Waals surface area contributed by atoms with E-state index in [1.54, 1.807) is 0 Å². The minimum atomic E-state index is -0.435. The predicted octanol–water partition coefficient (Wildman–Crippen LogP) is 3.03. The molecule has 3 nitrogen and oxygen atoms in total. The molecule has 0 radical (unpaired) electrons. The molecule has 2 atom stereocenters. The minimum absolute atomic E-state index is 0.128. The maximum Gasteiger partial charge on any atom is 0.228 e. The molecule has 1 aliphatic carbocycles. The Morgan fingerprint density at radius 2 is 2.00 bits per heavy atom. The lowest BCUT2D eigenvalue weighted by Gasteiger charge is -2.33. The third kappa shape index (κ3) is 2.91. The lowest BCUT2D eigenvalue weighted by molar-refractivity contribution is -0.139. The van der Waals surface area contributed by atoms with Crippen molar-refractivity contribution in [3.63, 3.8) is 0 Å². The summed E-state index contributed by atoms with van der Waals surface area (Å²) in [7, 11) is 0. The molecule has 1 saturated carbocycles. The van der Waals surface area contributed by atoms with Gasteiger partial charge in [-0.25, -0.2) is 0 Å². The average Bonchev–Trinajstić information content (AvgIpc) is 2.90. The zero-order valence-corrected chi connectivity index (χ0v) is 13.9. The van der Waals surface area contributed by atoms with Crippen molar-refractivity contribution in [2.45, 2.75) is 64.5 Å². The predicted molar refractivity (Wildman–Crippen MR) is 87.6 cm³/mol. The number of fused-ring (bicyclic) bond motifs is 1. The van der Waals surface area contributed by atoms with Crippen molar-refractivity contribution in [3.05, 3.63) is 34.9 Å². The molecule has 2 unspecified atom stereocenters. The van der Waals surface area contributed by atoms with Gasteiger partial charge >= 0.3 is 0 Å². The second-order valence-corrected chi connectivity index (χ2v) is 7.85. The highest BCUT2D eigenvalue weighted by Crippen LogP contribution is 2.31. The summed E-state index contributed by atoms with van der Waals surface area (Å²) in [6.07, 6.45) is 3.07. The van der Waals surface area contributed by atoms with Gasteiger partial charge in [-0.05, 0) is 47.8 Å². The highest BCUT2D eigenvalue weighted by atomic mass is 16.3. The van der Waals surface area contributed by atoms with Crippen LogP contribution in [-0.2, 0) is 23.2 Å². The smallest absolute Gasteiger partial charge is 0.228 e. The first-order valence-electron chi connectivity index (χ1n) is 8.45. The van der Waals surface area contributed by atoms with Crippen molar-refractivity contribution in [3.8, 4) is 0 Å². The summed E-state index contributed by atoms with van der Waals surface area (Å²) in [6, 6.07) is 6.71. The largest absolute Gasteiger partial charge is 0.392 e. The lowest BCUT2D eigenvalue weighted by Crippen LogP contribution is -2.42. The van der Waals surface area contributed by atoms with Crippen LogP contribution in [0.1, 0.15) is 56.7 Å². The molecule has 1 fully saturated rings. The third-order valence-electron chi connectivity index (χ3n) is 5.19. The fraction of sp³-hybridized carbons (Fsp3) is 0.632. The normalized spacial score (nSPS) is 25.2. The van der Waals surface area contributed by atoms with Crippen molar-refractivity contribution < 1.29 is 9.90 Å². The number of hydrogen-bond acceptors (Lipinski definition) is 2. The summed E-state index contributed by atoms with van der Waals surface area (Å²) in [5.74, 6) is -0.0239. The number of amides is 1. The zero-order valence-electron chi connectivity index (χ0n) is 13.9. The Morgan fingerprint density at radius 1 is 1.23 bits per heavy atom. The van der Waals surface area contributed by atoms with Gasteiger partial charge in [0.05, 0.1) is 12.0 Å². The molecule has 1 aliphatic heterocycles. The van der Waals surface area contributed by atoms with E-state index in [1.807, 2.05) is 4.90 Å². The van der Waals surface area contributed by atoms with Gasteiger partial charge in [0.2, 0.25) is 5.91 Å². The van der Waals surface area contributed by atoms with E-state index in [4.69, 9.17) is 0 Å². The molecule has 0 saturated heterocycles. The fourth-order valence-corrected chi connectivity index (χ4v) is 3.67. The molecular weight excluding hydrogens is 274 g/mol. The quantitative estimate of drug-likeness (QED) is 0.866. The first-order chi connectivity index (χ1) is 10.4. The van der Waals surface area contributed by atoms with Crippen LogP contribution < -0.4 is 0 Å². The standard InChI is InChI=1S/C19H27NO2/c1-19(2,3)15-8-7-13-9-10-20(12-14(13)11-15)18(22)16-5-4-6-17(16)21/h7-8,11,16-17,21H,4-6,9-10,12H2,1-3H3. The van der Waals surface area contributed by atoms with Crippen LogP contribution in [-0.4, -0.2) is 28.6 Å². The number of benzene rings is 1. The van der Waals surface area contributed by atoms with E-state index in [9.17, 15) is 9.90 Å².